The number of hydrogen-bond acceptors (Lipinski definition) is 6. The molecule has 0 unspecified atom stereocenters. The van der Waals surface area contributed by atoms with E-state index < -0.39 is 42.7 Å². The Balaban J connectivity index is 2.03. The summed E-state index contributed by atoms with van der Waals surface area (Å²) in [4.78, 5) is 23.7. The molecular weight excluding hydrogens is 518 g/mol. The lowest BCUT2D eigenvalue weighted by atomic mass is 9.99. The van der Waals surface area contributed by atoms with Gasteiger partial charge in [-0.05, 0) is 36.8 Å². The zero-order chi connectivity index (χ0) is 29.5. The minimum absolute atomic E-state index is 0.102. The molecule has 0 atom stereocenters. The fraction of sp³-hybridized carbons (Fsp3) is 0.375. The molecule has 6 nitrogen and oxygen atoms in total. The lowest BCUT2D eigenvalue weighted by molar-refractivity contribution is -0.144. The molecule has 0 saturated carbocycles. The summed E-state index contributed by atoms with van der Waals surface area (Å²) in [6, 6.07) is 13.2. The number of hydrogen-bond donors (Lipinski definition) is 2. The lowest BCUT2D eigenvalue weighted by Crippen LogP contribution is -2.23. The molecule has 0 saturated heterocycles. The van der Waals surface area contributed by atoms with Gasteiger partial charge < -0.3 is 19.7 Å². The monoisotopic (exact) mass is 556 g/mol. The van der Waals surface area contributed by atoms with Crippen LogP contribution in [-0.2, 0) is 31.9 Å². The maximum absolute atomic E-state index is 14.9. The van der Waals surface area contributed by atoms with Crippen LogP contribution in [0.4, 0.5) is 8.78 Å². The van der Waals surface area contributed by atoms with E-state index >= 15 is 0 Å². The fourth-order valence-electron chi connectivity index (χ4n) is 3.77. The molecule has 0 bridgehead atoms. The zero-order valence-corrected chi connectivity index (χ0v) is 23.0. The number of halogens is 2. The van der Waals surface area contributed by atoms with Crippen LogP contribution in [0.2, 0.25) is 0 Å². The molecular formula is C32H38F2O6. The number of rotatable bonds is 17. The molecule has 0 radical (unpaired) electrons. The van der Waals surface area contributed by atoms with E-state index in [-0.39, 0.29) is 35.5 Å². The molecule has 0 aliphatic carbocycles. The second kappa shape index (κ2) is 17.2. The number of esters is 2. The third kappa shape index (κ3) is 10.5. The predicted molar refractivity (Wildman–Crippen MR) is 151 cm³/mol. The molecule has 0 aromatic heterocycles. The van der Waals surface area contributed by atoms with Crippen LogP contribution in [0.1, 0.15) is 54.9 Å². The smallest absolute Gasteiger partial charge is 0.335 e. The highest BCUT2D eigenvalue weighted by molar-refractivity contribution is 5.88. The molecule has 0 heterocycles. The Morgan fingerprint density at radius 2 is 1.18 bits per heavy atom. The van der Waals surface area contributed by atoms with Crippen molar-refractivity contribution in [3.05, 3.63) is 95.1 Å². The quantitative estimate of drug-likeness (QED) is 0.109. The average molecular weight is 557 g/mol. The van der Waals surface area contributed by atoms with Crippen LogP contribution in [0.15, 0.2) is 72.8 Å². The second-order valence-corrected chi connectivity index (χ2v) is 9.60. The first-order chi connectivity index (χ1) is 19.2. The second-order valence-electron chi connectivity index (χ2n) is 9.60. The van der Waals surface area contributed by atoms with Gasteiger partial charge in [0.2, 0.25) is 0 Å². The van der Waals surface area contributed by atoms with E-state index in [0.29, 0.717) is 12.8 Å². The number of benzene rings is 2. The summed E-state index contributed by atoms with van der Waals surface area (Å²) in [6.07, 6.45) is 5.11. The van der Waals surface area contributed by atoms with Gasteiger partial charge in [0.15, 0.2) is 11.7 Å². The minimum Gasteiger partial charge on any atom is -0.462 e. The molecule has 40 heavy (non-hydrogen) atoms. The van der Waals surface area contributed by atoms with Crippen LogP contribution >= 0.6 is 0 Å². The molecule has 0 aliphatic heterocycles. The van der Waals surface area contributed by atoms with Gasteiger partial charge in [0.05, 0.1) is 37.6 Å². The molecule has 0 aliphatic rings. The summed E-state index contributed by atoms with van der Waals surface area (Å²) < 4.78 is 40.1. The van der Waals surface area contributed by atoms with E-state index in [4.69, 9.17) is 19.7 Å². The number of carbonyl (C=O) groups is 2. The molecule has 2 N–H and O–H groups in total. The van der Waals surface area contributed by atoms with Crippen LogP contribution < -0.4 is 0 Å². The largest absolute Gasteiger partial charge is 0.462 e. The highest BCUT2D eigenvalue weighted by Gasteiger charge is 2.18. The number of carbonyl (C=O) groups excluding carboxylic acids is 2. The Bertz CT molecular complexity index is 1140. The third-order valence-electron chi connectivity index (χ3n) is 6.38. The van der Waals surface area contributed by atoms with Crippen molar-refractivity contribution >= 4 is 23.6 Å². The van der Waals surface area contributed by atoms with Crippen LogP contribution in [0.25, 0.3) is 11.7 Å². The van der Waals surface area contributed by atoms with Gasteiger partial charge >= 0.3 is 11.9 Å². The first-order valence-electron chi connectivity index (χ1n) is 13.4. The SMILES string of the molecule is C=C(CO)C(=O)OCC(CCc1ccc(/C(F)=C(\F)c2ccc(CCCCC)cc2)cc1)COC(=O)C(=C)CO. The Kier molecular flexibility index (Phi) is 14.0. The van der Waals surface area contributed by atoms with Gasteiger partial charge in [-0.25, -0.2) is 18.4 Å². The van der Waals surface area contributed by atoms with E-state index in [2.05, 4.69) is 20.1 Å². The van der Waals surface area contributed by atoms with Crippen LogP contribution in [-0.4, -0.2) is 48.6 Å². The summed E-state index contributed by atoms with van der Waals surface area (Å²) in [5.74, 6) is -3.82. The molecule has 0 spiro atoms. The lowest BCUT2D eigenvalue weighted by Gasteiger charge is -2.18. The van der Waals surface area contributed by atoms with E-state index in [9.17, 15) is 18.4 Å². The number of unbranched alkanes of at least 4 members (excludes halogenated alkanes) is 2. The topological polar surface area (TPSA) is 93.1 Å². The summed E-state index contributed by atoms with van der Waals surface area (Å²) in [5, 5.41) is 18.1. The minimum atomic E-state index is -0.949. The standard InChI is InChI=1S/C32H38F2O6/c1-4-5-6-7-24-10-14-27(15-11-24)29(33)30(34)28-16-12-25(13-17-28)8-9-26(20-39-31(37)22(2)18-35)21-40-32(38)23(3)19-36/h10-17,26,35-36H,2-9,18-21H2,1H3/b30-29+. The zero-order valence-electron chi connectivity index (χ0n) is 23.0. The normalized spacial score (nSPS) is 11.7. The third-order valence-corrected chi connectivity index (χ3v) is 6.38. The van der Waals surface area contributed by atoms with E-state index in [1.54, 1.807) is 24.3 Å². The van der Waals surface area contributed by atoms with Crippen molar-refractivity contribution in [1.29, 1.82) is 0 Å². The first-order valence-corrected chi connectivity index (χ1v) is 13.4. The van der Waals surface area contributed by atoms with Gasteiger partial charge in [-0.15, -0.1) is 0 Å². The summed E-state index contributed by atoms with van der Waals surface area (Å²) in [7, 11) is 0. The molecule has 0 amide bonds. The van der Waals surface area contributed by atoms with Crippen molar-refractivity contribution in [2.24, 2.45) is 5.92 Å². The average Bonchev–Trinajstić information content (AvgIpc) is 2.99. The summed E-state index contributed by atoms with van der Waals surface area (Å²) in [5.41, 5.74) is 1.98. The van der Waals surface area contributed by atoms with E-state index in [1.807, 2.05) is 12.1 Å². The van der Waals surface area contributed by atoms with E-state index in [1.165, 1.54) is 12.1 Å². The molecule has 0 fully saturated rings. The van der Waals surface area contributed by atoms with E-state index in [0.717, 1.165) is 36.8 Å². The molecule has 2 rings (SSSR count). The maximum atomic E-state index is 14.9. The number of ether oxygens (including phenoxy) is 2. The van der Waals surface area contributed by atoms with Crippen molar-refractivity contribution in [3.8, 4) is 0 Å². The molecule has 2 aromatic rings. The number of aliphatic hydroxyl groups is 2. The van der Waals surface area contributed by atoms with Crippen LogP contribution in [0.3, 0.4) is 0 Å². The van der Waals surface area contributed by atoms with Gasteiger partial charge in [-0.2, -0.15) is 0 Å². The molecule has 216 valence electrons. The number of aliphatic hydroxyl groups excluding tert-OH is 2. The summed E-state index contributed by atoms with van der Waals surface area (Å²) in [6.45, 7) is 7.67. The highest BCUT2D eigenvalue weighted by Crippen LogP contribution is 2.29. The van der Waals surface area contributed by atoms with Gasteiger partial charge in [-0.3, -0.25) is 0 Å². The van der Waals surface area contributed by atoms with Gasteiger partial charge in [0.1, 0.15) is 0 Å². The highest BCUT2D eigenvalue weighted by atomic mass is 19.2. The predicted octanol–water partition coefficient (Wildman–Crippen LogP) is 5.92. The van der Waals surface area contributed by atoms with Crippen molar-refractivity contribution in [2.75, 3.05) is 26.4 Å². The van der Waals surface area contributed by atoms with Gasteiger partial charge in [-0.1, -0.05) is 81.5 Å². The van der Waals surface area contributed by atoms with Crippen molar-refractivity contribution < 1.29 is 38.1 Å². The van der Waals surface area contributed by atoms with Crippen LogP contribution in [0, 0.1) is 5.92 Å². The van der Waals surface area contributed by atoms with Gasteiger partial charge in [0.25, 0.3) is 0 Å². The van der Waals surface area contributed by atoms with Crippen molar-refractivity contribution in [1.82, 2.24) is 0 Å². The maximum Gasteiger partial charge on any atom is 0.335 e. The Morgan fingerprint density at radius 1 is 0.750 bits per heavy atom. The Hall–Kier alpha value is -3.62. The van der Waals surface area contributed by atoms with Crippen molar-refractivity contribution in [2.45, 2.75) is 45.4 Å². The number of aryl methyl sites for hydroxylation is 2. The van der Waals surface area contributed by atoms with Crippen molar-refractivity contribution in [3.63, 3.8) is 0 Å². The Morgan fingerprint density at radius 3 is 1.57 bits per heavy atom. The van der Waals surface area contributed by atoms with Gasteiger partial charge in [0, 0.05) is 17.0 Å². The molecule has 2 aromatic carbocycles. The molecule has 8 heteroatoms. The first kappa shape index (κ1) is 32.6. The summed E-state index contributed by atoms with van der Waals surface area (Å²) >= 11 is 0. The fourth-order valence-corrected chi connectivity index (χ4v) is 3.77. The van der Waals surface area contributed by atoms with Crippen LogP contribution in [0.5, 0.6) is 0 Å². The Labute approximate surface area is 234 Å².